The maximum Gasteiger partial charge on any atom is 0.222 e. The van der Waals surface area contributed by atoms with E-state index in [9.17, 15) is 9.90 Å². The normalized spacial score (nSPS) is 12.2. The van der Waals surface area contributed by atoms with Crippen molar-refractivity contribution >= 4 is 5.91 Å². The van der Waals surface area contributed by atoms with Gasteiger partial charge in [0.05, 0.1) is 0 Å². The van der Waals surface area contributed by atoms with Crippen LogP contribution in [0.5, 0.6) is 5.75 Å². The van der Waals surface area contributed by atoms with Crippen molar-refractivity contribution in [2.24, 2.45) is 5.92 Å². The molecule has 0 fully saturated rings. The zero-order valence-electron chi connectivity index (χ0n) is 13.1. The van der Waals surface area contributed by atoms with Gasteiger partial charge in [-0.1, -0.05) is 32.0 Å². The fourth-order valence-corrected chi connectivity index (χ4v) is 1.71. The molecule has 0 heterocycles. The summed E-state index contributed by atoms with van der Waals surface area (Å²) in [7, 11) is 0. The number of hydrogen-bond donors (Lipinski definition) is 3. The molecule has 3 N–H and O–H groups in total. The Kier molecular flexibility index (Phi) is 7.79. The molecule has 1 aromatic rings. The van der Waals surface area contributed by atoms with Crippen LogP contribution in [0.4, 0.5) is 0 Å². The van der Waals surface area contributed by atoms with Crippen molar-refractivity contribution in [3.05, 3.63) is 29.8 Å². The lowest BCUT2D eigenvalue weighted by Crippen LogP contribution is -2.38. The van der Waals surface area contributed by atoms with Gasteiger partial charge in [-0.05, 0) is 18.6 Å². The van der Waals surface area contributed by atoms with Gasteiger partial charge >= 0.3 is 0 Å². The largest absolute Gasteiger partial charge is 0.491 e. The smallest absolute Gasteiger partial charge is 0.222 e. The number of hydrogen-bond acceptors (Lipinski definition) is 4. The summed E-state index contributed by atoms with van der Waals surface area (Å²) >= 11 is 0. The molecule has 5 heteroatoms. The van der Waals surface area contributed by atoms with E-state index in [4.69, 9.17) is 4.74 Å². The van der Waals surface area contributed by atoms with Crippen LogP contribution in [0, 0.1) is 12.8 Å². The Hall–Kier alpha value is -1.59. The lowest BCUT2D eigenvalue weighted by molar-refractivity contribution is -0.123. The molecule has 0 saturated carbocycles. The minimum Gasteiger partial charge on any atom is -0.491 e. The van der Waals surface area contributed by atoms with E-state index in [0.29, 0.717) is 19.6 Å². The van der Waals surface area contributed by atoms with E-state index in [1.165, 1.54) is 0 Å². The molecule has 0 radical (unpaired) electrons. The summed E-state index contributed by atoms with van der Waals surface area (Å²) < 4.78 is 5.57. The molecule has 1 amide bonds. The highest BCUT2D eigenvalue weighted by atomic mass is 16.5. The Bertz CT molecular complexity index is 435. The quantitative estimate of drug-likeness (QED) is 0.596. The second-order valence-electron chi connectivity index (χ2n) is 5.38. The highest BCUT2D eigenvalue weighted by Gasteiger charge is 2.07. The Labute approximate surface area is 126 Å². The fraction of sp³-hybridized carbons (Fsp3) is 0.562. The summed E-state index contributed by atoms with van der Waals surface area (Å²) in [5.41, 5.74) is 1.05. The monoisotopic (exact) mass is 294 g/mol. The maximum absolute atomic E-state index is 11.3. The number of rotatable bonds is 9. The fourth-order valence-electron chi connectivity index (χ4n) is 1.71. The second kappa shape index (κ2) is 9.37. The van der Waals surface area contributed by atoms with Crippen molar-refractivity contribution < 1.29 is 14.6 Å². The van der Waals surface area contributed by atoms with E-state index in [0.717, 1.165) is 11.3 Å². The van der Waals surface area contributed by atoms with Crippen molar-refractivity contribution in [2.45, 2.75) is 26.9 Å². The van der Waals surface area contributed by atoms with Crippen LogP contribution < -0.4 is 15.4 Å². The Balaban J connectivity index is 2.10. The Morgan fingerprint density at radius 1 is 1.29 bits per heavy atom. The molecule has 0 saturated heterocycles. The summed E-state index contributed by atoms with van der Waals surface area (Å²) in [6, 6.07) is 7.71. The molecule has 1 rings (SSSR count). The van der Waals surface area contributed by atoms with Gasteiger partial charge in [-0.25, -0.2) is 0 Å². The van der Waals surface area contributed by atoms with Crippen LogP contribution in [0.25, 0.3) is 0 Å². The van der Waals surface area contributed by atoms with Crippen molar-refractivity contribution in [3.8, 4) is 5.75 Å². The SMILES string of the molecule is Cc1ccccc1OC[C@@H](O)CNCCNC(=O)C(C)C. The highest BCUT2D eigenvalue weighted by molar-refractivity contribution is 5.77. The van der Waals surface area contributed by atoms with Gasteiger partial charge in [0.2, 0.25) is 5.91 Å². The summed E-state index contributed by atoms with van der Waals surface area (Å²) in [6.07, 6.45) is -0.578. The molecular formula is C16H26N2O3. The number of nitrogens with one attached hydrogen (secondary N) is 2. The molecule has 0 aliphatic heterocycles. The maximum atomic E-state index is 11.3. The molecule has 0 spiro atoms. The highest BCUT2D eigenvalue weighted by Crippen LogP contribution is 2.16. The number of aliphatic hydroxyl groups is 1. The van der Waals surface area contributed by atoms with E-state index >= 15 is 0 Å². The number of carbonyl (C=O) groups excluding carboxylic acids is 1. The third-order valence-corrected chi connectivity index (χ3v) is 3.03. The molecule has 1 aromatic carbocycles. The van der Waals surface area contributed by atoms with Gasteiger partial charge in [0, 0.05) is 25.6 Å². The van der Waals surface area contributed by atoms with Gasteiger partial charge in [0.25, 0.3) is 0 Å². The lowest BCUT2D eigenvalue weighted by Gasteiger charge is -2.15. The lowest BCUT2D eigenvalue weighted by atomic mass is 10.2. The van der Waals surface area contributed by atoms with Crippen LogP contribution in [-0.4, -0.2) is 43.4 Å². The van der Waals surface area contributed by atoms with Gasteiger partial charge in [0.15, 0.2) is 0 Å². The Morgan fingerprint density at radius 3 is 2.67 bits per heavy atom. The number of amides is 1. The van der Waals surface area contributed by atoms with Crippen LogP contribution in [0.3, 0.4) is 0 Å². The predicted octanol–water partition coefficient (Wildman–Crippen LogP) is 1.10. The van der Waals surface area contributed by atoms with Crippen LogP contribution >= 0.6 is 0 Å². The van der Waals surface area contributed by atoms with Gasteiger partial charge < -0.3 is 20.5 Å². The molecule has 118 valence electrons. The van der Waals surface area contributed by atoms with Crippen molar-refractivity contribution in [1.82, 2.24) is 10.6 Å². The minimum atomic E-state index is -0.578. The standard InChI is InChI=1S/C16H26N2O3/c1-12(2)16(20)18-9-8-17-10-14(19)11-21-15-7-5-4-6-13(15)3/h4-7,12,14,17,19H,8-11H2,1-3H3,(H,18,20)/t14-/m0/s1. The third-order valence-electron chi connectivity index (χ3n) is 3.03. The summed E-state index contributed by atoms with van der Waals surface area (Å²) in [5.74, 6) is 0.832. The topological polar surface area (TPSA) is 70.6 Å². The molecule has 0 bridgehead atoms. The third kappa shape index (κ3) is 7.11. The summed E-state index contributed by atoms with van der Waals surface area (Å²) in [6.45, 7) is 7.55. The number of benzene rings is 1. The van der Waals surface area contributed by atoms with Crippen molar-refractivity contribution in [3.63, 3.8) is 0 Å². The first-order valence-corrected chi connectivity index (χ1v) is 7.35. The number of aliphatic hydroxyl groups excluding tert-OH is 1. The summed E-state index contributed by atoms with van der Waals surface area (Å²) in [5, 5.41) is 15.7. The van der Waals surface area contributed by atoms with Crippen LogP contribution in [0.15, 0.2) is 24.3 Å². The van der Waals surface area contributed by atoms with Crippen molar-refractivity contribution in [2.75, 3.05) is 26.2 Å². The second-order valence-corrected chi connectivity index (χ2v) is 5.38. The number of ether oxygens (including phenoxy) is 1. The average molecular weight is 294 g/mol. The molecule has 0 aromatic heterocycles. The first-order chi connectivity index (χ1) is 10.0. The molecule has 0 aliphatic carbocycles. The van der Waals surface area contributed by atoms with Crippen LogP contribution in [0.2, 0.25) is 0 Å². The van der Waals surface area contributed by atoms with Gasteiger partial charge in [0.1, 0.15) is 18.5 Å². The van der Waals surface area contributed by atoms with E-state index in [1.807, 2.05) is 45.0 Å². The van der Waals surface area contributed by atoms with E-state index in [-0.39, 0.29) is 18.4 Å². The number of aryl methyl sites for hydroxylation is 1. The first-order valence-electron chi connectivity index (χ1n) is 7.35. The van der Waals surface area contributed by atoms with Gasteiger partial charge in [-0.2, -0.15) is 0 Å². The first kappa shape index (κ1) is 17.5. The van der Waals surface area contributed by atoms with Crippen LogP contribution in [-0.2, 0) is 4.79 Å². The molecule has 21 heavy (non-hydrogen) atoms. The van der Waals surface area contributed by atoms with Gasteiger partial charge in [-0.3, -0.25) is 4.79 Å². The van der Waals surface area contributed by atoms with Crippen molar-refractivity contribution in [1.29, 1.82) is 0 Å². The number of carbonyl (C=O) groups is 1. The average Bonchev–Trinajstić information content (AvgIpc) is 2.45. The molecule has 0 aliphatic rings. The zero-order valence-corrected chi connectivity index (χ0v) is 13.1. The van der Waals surface area contributed by atoms with E-state index < -0.39 is 6.10 Å². The van der Waals surface area contributed by atoms with Crippen LogP contribution in [0.1, 0.15) is 19.4 Å². The molecule has 5 nitrogen and oxygen atoms in total. The molecule has 1 atom stereocenters. The predicted molar refractivity (Wildman–Crippen MR) is 83.4 cm³/mol. The summed E-state index contributed by atoms with van der Waals surface area (Å²) in [4.78, 5) is 11.3. The Morgan fingerprint density at radius 2 is 2.00 bits per heavy atom. The van der Waals surface area contributed by atoms with E-state index in [2.05, 4.69) is 10.6 Å². The van der Waals surface area contributed by atoms with Gasteiger partial charge in [-0.15, -0.1) is 0 Å². The zero-order chi connectivity index (χ0) is 15.7. The molecule has 0 unspecified atom stereocenters. The minimum absolute atomic E-state index is 0.00176. The number of para-hydroxylation sites is 1. The molecular weight excluding hydrogens is 268 g/mol. The van der Waals surface area contributed by atoms with E-state index in [1.54, 1.807) is 0 Å².